The zero-order valence-corrected chi connectivity index (χ0v) is 13.0. The molecule has 8 nitrogen and oxygen atoms in total. The van der Waals surface area contributed by atoms with Gasteiger partial charge in [0.2, 0.25) is 0 Å². The third kappa shape index (κ3) is 4.85. The number of carboxylic acid groups (broad SMARTS) is 1. The number of hydrogen-bond donors (Lipinski definition) is 2. The second-order valence-electron chi connectivity index (χ2n) is 5.08. The Kier molecular flexibility index (Phi) is 5.96. The summed E-state index contributed by atoms with van der Waals surface area (Å²) < 4.78 is 19.3. The Morgan fingerprint density at radius 1 is 1.46 bits per heavy atom. The number of benzene rings is 1. The van der Waals surface area contributed by atoms with E-state index in [-0.39, 0.29) is 31.1 Å². The molecule has 0 saturated heterocycles. The third-order valence-corrected chi connectivity index (χ3v) is 3.22. The quantitative estimate of drug-likeness (QED) is 0.734. The van der Waals surface area contributed by atoms with Crippen LogP contribution in [0.3, 0.4) is 0 Å². The number of methoxy groups -OCH3 is 1. The molecule has 0 aliphatic rings. The van der Waals surface area contributed by atoms with Gasteiger partial charge in [-0.1, -0.05) is 17.3 Å². The summed E-state index contributed by atoms with van der Waals surface area (Å²) in [5.74, 6) is -2.18. The number of carbonyl (C=O) groups excluding carboxylic acids is 1. The SMILES string of the molecule is COCCC(NC(=O)c1cn(Cc2cccc(F)c2)nn1)C(=O)O. The molecule has 1 amide bonds. The first kappa shape index (κ1) is 17.5. The monoisotopic (exact) mass is 336 g/mol. The summed E-state index contributed by atoms with van der Waals surface area (Å²) in [6.45, 7) is 0.438. The Morgan fingerprint density at radius 3 is 2.92 bits per heavy atom. The smallest absolute Gasteiger partial charge is 0.326 e. The number of aliphatic carboxylic acids is 1. The van der Waals surface area contributed by atoms with Crippen molar-refractivity contribution < 1.29 is 23.8 Å². The van der Waals surface area contributed by atoms with Gasteiger partial charge < -0.3 is 15.2 Å². The first-order chi connectivity index (χ1) is 11.5. The lowest BCUT2D eigenvalue weighted by molar-refractivity contribution is -0.139. The zero-order valence-electron chi connectivity index (χ0n) is 13.0. The van der Waals surface area contributed by atoms with Crippen LogP contribution in [0, 0.1) is 5.82 Å². The van der Waals surface area contributed by atoms with Crippen LogP contribution in [0.2, 0.25) is 0 Å². The van der Waals surface area contributed by atoms with Gasteiger partial charge in [-0.25, -0.2) is 13.9 Å². The number of ether oxygens (including phenoxy) is 1. The molecule has 2 N–H and O–H groups in total. The van der Waals surface area contributed by atoms with Gasteiger partial charge in [-0.15, -0.1) is 5.10 Å². The molecular formula is C15H17FN4O4. The minimum Gasteiger partial charge on any atom is -0.480 e. The van der Waals surface area contributed by atoms with E-state index in [0.29, 0.717) is 5.56 Å². The minimum absolute atomic E-state index is 0.0185. The highest BCUT2D eigenvalue weighted by molar-refractivity contribution is 5.94. The Bertz CT molecular complexity index is 719. The van der Waals surface area contributed by atoms with Crippen molar-refractivity contribution in [1.82, 2.24) is 20.3 Å². The van der Waals surface area contributed by atoms with E-state index in [1.807, 2.05) is 0 Å². The van der Waals surface area contributed by atoms with E-state index in [9.17, 15) is 14.0 Å². The predicted octanol–water partition coefficient (Wildman–Crippen LogP) is 0.685. The summed E-state index contributed by atoms with van der Waals surface area (Å²) in [6.07, 6.45) is 1.50. The molecule has 1 aromatic heterocycles. The fourth-order valence-electron chi connectivity index (χ4n) is 2.03. The second kappa shape index (κ2) is 8.16. The Hall–Kier alpha value is -2.81. The van der Waals surface area contributed by atoms with Crippen molar-refractivity contribution in [2.75, 3.05) is 13.7 Å². The number of aromatic nitrogens is 3. The highest BCUT2D eigenvalue weighted by Gasteiger charge is 2.22. The van der Waals surface area contributed by atoms with Crippen molar-refractivity contribution in [2.24, 2.45) is 0 Å². The molecule has 0 aliphatic carbocycles. The van der Waals surface area contributed by atoms with E-state index in [0.717, 1.165) is 0 Å². The van der Waals surface area contributed by atoms with Crippen LogP contribution in [0.25, 0.3) is 0 Å². The first-order valence-corrected chi connectivity index (χ1v) is 7.16. The molecular weight excluding hydrogens is 319 g/mol. The predicted molar refractivity (Wildman–Crippen MR) is 80.9 cm³/mol. The molecule has 1 heterocycles. The largest absolute Gasteiger partial charge is 0.480 e. The van der Waals surface area contributed by atoms with Gasteiger partial charge in [-0.3, -0.25) is 4.79 Å². The maximum Gasteiger partial charge on any atom is 0.326 e. The number of halogens is 1. The number of carboxylic acids is 1. The first-order valence-electron chi connectivity index (χ1n) is 7.16. The van der Waals surface area contributed by atoms with Gasteiger partial charge in [0, 0.05) is 20.1 Å². The highest BCUT2D eigenvalue weighted by atomic mass is 19.1. The summed E-state index contributed by atoms with van der Waals surface area (Å²) in [5.41, 5.74) is 0.644. The molecule has 24 heavy (non-hydrogen) atoms. The van der Waals surface area contributed by atoms with E-state index in [4.69, 9.17) is 9.84 Å². The minimum atomic E-state index is -1.16. The highest BCUT2D eigenvalue weighted by Crippen LogP contribution is 2.06. The molecule has 128 valence electrons. The maximum absolute atomic E-state index is 13.1. The van der Waals surface area contributed by atoms with E-state index >= 15 is 0 Å². The molecule has 2 aromatic rings. The van der Waals surface area contributed by atoms with Crippen LogP contribution >= 0.6 is 0 Å². The molecule has 0 bridgehead atoms. The van der Waals surface area contributed by atoms with Gasteiger partial charge in [0.05, 0.1) is 12.7 Å². The lowest BCUT2D eigenvalue weighted by Crippen LogP contribution is -2.41. The number of nitrogens with zero attached hydrogens (tertiary/aromatic N) is 3. The van der Waals surface area contributed by atoms with E-state index in [1.165, 1.54) is 30.1 Å². The van der Waals surface area contributed by atoms with Crippen LogP contribution in [-0.2, 0) is 16.1 Å². The molecule has 2 rings (SSSR count). The van der Waals surface area contributed by atoms with Gasteiger partial charge in [0.25, 0.3) is 5.91 Å². The Labute approximate surface area is 137 Å². The number of rotatable bonds is 8. The van der Waals surface area contributed by atoms with Crippen LogP contribution in [0.15, 0.2) is 30.5 Å². The van der Waals surface area contributed by atoms with Crippen LogP contribution in [-0.4, -0.2) is 51.7 Å². The van der Waals surface area contributed by atoms with E-state index in [2.05, 4.69) is 15.6 Å². The van der Waals surface area contributed by atoms with Crippen LogP contribution in [0.1, 0.15) is 22.5 Å². The fraction of sp³-hybridized carbons (Fsp3) is 0.333. The zero-order chi connectivity index (χ0) is 17.5. The lowest BCUT2D eigenvalue weighted by atomic mass is 10.2. The average molecular weight is 336 g/mol. The lowest BCUT2D eigenvalue weighted by Gasteiger charge is -2.12. The van der Waals surface area contributed by atoms with Crippen molar-refractivity contribution in [3.8, 4) is 0 Å². The summed E-state index contributed by atoms with van der Waals surface area (Å²) in [6, 6.07) is 4.89. The topological polar surface area (TPSA) is 106 Å². The summed E-state index contributed by atoms with van der Waals surface area (Å²) in [5, 5.41) is 18.9. The molecule has 0 fully saturated rings. The molecule has 1 unspecified atom stereocenters. The maximum atomic E-state index is 13.1. The molecule has 0 saturated carbocycles. The summed E-state index contributed by atoms with van der Waals surface area (Å²) in [4.78, 5) is 23.2. The van der Waals surface area contributed by atoms with Crippen LogP contribution in [0.4, 0.5) is 4.39 Å². The van der Waals surface area contributed by atoms with Crippen molar-refractivity contribution in [2.45, 2.75) is 19.0 Å². The van der Waals surface area contributed by atoms with Crippen LogP contribution in [0.5, 0.6) is 0 Å². The van der Waals surface area contributed by atoms with Crippen molar-refractivity contribution in [3.63, 3.8) is 0 Å². The number of carbonyl (C=O) groups is 2. The van der Waals surface area contributed by atoms with Crippen molar-refractivity contribution >= 4 is 11.9 Å². The van der Waals surface area contributed by atoms with Gasteiger partial charge in [0.15, 0.2) is 5.69 Å². The van der Waals surface area contributed by atoms with Crippen molar-refractivity contribution in [1.29, 1.82) is 0 Å². The molecule has 0 aliphatic heterocycles. The molecule has 0 radical (unpaired) electrons. The molecule has 9 heteroatoms. The van der Waals surface area contributed by atoms with Crippen LogP contribution < -0.4 is 5.32 Å². The van der Waals surface area contributed by atoms with Crippen molar-refractivity contribution in [3.05, 3.63) is 47.5 Å². The number of amides is 1. The number of hydrogen-bond acceptors (Lipinski definition) is 5. The molecule has 1 atom stereocenters. The van der Waals surface area contributed by atoms with Gasteiger partial charge >= 0.3 is 5.97 Å². The average Bonchev–Trinajstić information content (AvgIpc) is 2.99. The van der Waals surface area contributed by atoms with E-state index in [1.54, 1.807) is 12.1 Å². The molecule has 0 spiro atoms. The van der Waals surface area contributed by atoms with Gasteiger partial charge in [-0.2, -0.15) is 0 Å². The Balaban J connectivity index is 2.01. The van der Waals surface area contributed by atoms with Gasteiger partial charge in [-0.05, 0) is 17.7 Å². The normalized spacial score (nSPS) is 11.9. The summed E-state index contributed by atoms with van der Waals surface area (Å²) >= 11 is 0. The fourth-order valence-corrected chi connectivity index (χ4v) is 2.03. The Morgan fingerprint density at radius 2 is 2.25 bits per heavy atom. The van der Waals surface area contributed by atoms with E-state index < -0.39 is 17.9 Å². The summed E-state index contributed by atoms with van der Waals surface area (Å²) in [7, 11) is 1.44. The molecule has 1 aromatic carbocycles. The third-order valence-electron chi connectivity index (χ3n) is 3.22. The second-order valence-corrected chi connectivity index (χ2v) is 5.08. The van der Waals surface area contributed by atoms with Gasteiger partial charge in [0.1, 0.15) is 11.9 Å². The number of nitrogens with one attached hydrogen (secondary N) is 1. The standard InChI is InChI=1S/C15H17FN4O4/c1-24-6-5-12(15(22)23)17-14(21)13-9-20(19-18-13)8-10-3-2-4-11(16)7-10/h2-4,7,9,12H,5-6,8H2,1H3,(H,17,21)(H,22,23).